The first-order valence-corrected chi connectivity index (χ1v) is 7.81. The van der Waals surface area contributed by atoms with Gasteiger partial charge in [0.1, 0.15) is 0 Å². The van der Waals surface area contributed by atoms with Gasteiger partial charge in [0.2, 0.25) is 0 Å². The van der Waals surface area contributed by atoms with Crippen LogP contribution in [0.5, 0.6) is 0 Å². The summed E-state index contributed by atoms with van der Waals surface area (Å²) in [5.74, 6) is -0.408. The zero-order chi connectivity index (χ0) is 18.0. The lowest BCUT2D eigenvalue weighted by molar-refractivity contribution is -0.137. The minimum Gasteiger partial charge on any atom is -0.346 e. The minimum absolute atomic E-state index is 0.195. The van der Waals surface area contributed by atoms with Gasteiger partial charge in [0.25, 0.3) is 5.91 Å². The number of carbonyl (C=O) groups excluding carboxylic acids is 1. The van der Waals surface area contributed by atoms with Crippen molar-refractivity contribution in [2.24, 2.45) is 0 Å². The van der Waals surface area contributed by atoms with Crippen LogP contribution in [0.4, 0.5) is 13.2 Å². The average molecular weight is 343 g/mol. The van der Waals surface area contributed by atoms with Crippen molar-refractivity contribution in [3.8, 4) is 0 Å². The van der Waals surface area contributed by atoms with E-state index in [-0.39, 0.29) is 11.6 Å². The van der Waals surface area contributed by atoms with Gasteiger partial charge in [0.05, 0.1) is 11.6 Å². The fraction of sp³-hybridized carbons (Fsp3) is 0.150. The third kappa shape index (κ3) is 3.82. The Morgan fingerprint density at radius 2 is 1.56 bits per heavy atom. The molecule has 5 heteroatoms. The molecule has 0 unspecified atom stereocenters. The molecule has 0 saturated heterocycles. The van der Waals surface area contributed by atoms with Crippen molar-refractivity contribution in [1.29, 1.82) is 0 Å². The van der Waals surface area contributed by atoms with Crippen molar-refractivity contribution in [3.05, 3.63) is 83.4 Å². The van der Waals surface area contributed by atoms with E-state index < -0.39 is 17.6 Å². The number of hydrogen-bond acceptors (Lipinski definition) is 1. The van der Waals surface area contributed by atoms with Crippen LogP contribution >= 0.6 is 0 Å². The van der Waals surface area contributed by atoms with Gasteiger partial charge in [-0.1, -0.05) is 36.4 Å². The third-order valence-corrected chi connectivity index (χ3v) is 4.10. The molecule has 3 aromatic rings. The Kier molecular flexibility index (Phi) is 4.49. The molecule has 0 spiro atoms. The highest BCUT2D eigenvalue weighted by Crippen LogP contribution is 2.29. The van der Waals surface area contributed by atoms with Crippen molar-refractivity contribution in [3.63, 3.8) is 0 Å². The Morgan fingerprint density at radius 1 is 0.920 bits per heavy atom. The second-order valence-electron chi connectivity index (χ2n) is 5.88. The van der Waals surface area contributed by atoms with Gasteiger partial charge < -0.3 is 5.32 Å². The van der Waals surface area contributed by atoms with E-state index in [4.69, 9.17) is 0 Å². The van der Waals surface area contributed by atoms with Gasteiger partial charge in [0, 0.05) is 5.56 Å². The van der Waals surface area contributed by atoms with Gasteiger partial charge in [-0.15, -0.1) is 0 Å². The quantitative estimate of drug-likeness (QED) is 0.682. The van der Waals surface area contributed by atoms with E-state index in [0.29, 0.717) is 0 Å². The average Bonchev–Trinajstić information content (AvgIpc) is 2.60. The maximum Gasteiger partial charge on any atom is 0.416 e. The van der Waals surface area contributed by atoms with Crippen molar-refractivity contribution in [2.75, 3.05) is 0 Å². The zero-order valence-corrected chi connectivity index (χ0v) is 13.5. The summed E-state index contributed by atoms with van der Waals surface area (Å²) in [4.78, 5) is 12.3. The van der Waals surface area contributed by atoms with Gasteiger partial charge >= 0.3 is 6.18 Å². The Labute approximate surface area is 143 Å². The smallest absolute Gasteiger partial charge is 0.346 e. The number of benzene rings is 3. The number of alkyl halides is 3. The molecule has 25 heavy (non-hydrogen) atoms. The first kappa shape index (κ1) is 17.0. The molecule has 0 aromatic heterocycles. The first-order valence-electron chi connectivity index (χ1n) is 7.81. The van der Waals surface area contributed by atoms with Gasteiger partial charge in [-0.25, -0.2) is 0 Å². The van der Waals surface area contributed by atoms with Crippen LogP contribution in [0.15, 0.2) is 66.7 Å². The molecule has 3 aromatic carbocycles. The van der Waals surface area contributed by atoms with Crippen LogP contribution in [-0.4, -0.2) is 5.91 Å². The molecule has 0 aliphatic carbocycles. The van der Waals surface area contributed by atoms with Crippen LogP contribution in [-0.2, 0) is 6.18 Å². The Balaban J connectivity index is 1.75. The fourth-order valence-corrected chi connectivity index (χ4v) is 2.65. The van der Waals surface area contributed by atoms with E-state index in [9.17, 15) is 18.0 Å². The van der Waals surface area contributed by atoms with Crippen molar-refractivity contribution >= 4 is 16.7 Å². The second kappa shape index (κ2) is 6.59. The molecule has 128 valence electrons. The fourth-order valence-electron chi connectivity index (χ4n) is 2.65. The van der Waals surface area contributed by atoms with Crippen LogP contribution in [0.3, 0.4) is 0 Å². The summed E-state index contributed by atoms with van der Waals surface area (Å²) in [5.41, 5.74) is 0.353. The summed E-state index contributed by atoms with van der Waals surface area (Å²) in [6, 6.07) is 17.7. The summed E-state index contributed by atoms with van der Waals surface area (Å²) < 4.78 is 37.7. The molecule has 0 aliphatic heterocycles. The molecular weight excluding hydrogens is 327 g/mol. The number of nitrogens with one attached hydrogen (secondary N) is 1. The molecule has 1 N–H and O–H groups in total. The predicted octanol–water partition coefficient (Wildman–Crippen LogP) is 5.35. The third-order valence-electron chi connectivity index (χ3n) is 4.10. The van der Waals surface area contributed by atoms with E-state index in [1.807, 2.05) is 49.4 Å². The molecule has 0 fully saturated rings. The molecule has 2 nitrogen and oxygen atoms in total. The highest BCUT2D eigenvalue weighted by molar-refractivity contribution is 5.94. The van der Waals surface area contributed by atoms with E-state index in [1.165, 1.54) is 12.1 Å². The molecule has 1 atom stereocenters. The number of fused-ring (bicyclic) bond motifs is 1. The van der Waals surface area contributed by atoms with E-state index in [2.05, 4.69) is 5.32 Å². The van der Waals surface area contributed by atoms with Crippen molar-refractivity contribution in [1.82, 2.24) is 5.32 Å². The lowest BCUT2D eigenvalue weighted by atomic mass is 10.0. The highest BCUT2D eigenvalue weighted by atomic mass is 19.4. The van der Waals surface area contributed by atoms with Crippen molar-refractivity contribution in [2.45, 2.75) is 19.1 Å². The standard InChI is InChI=1S/C20H16F3NO/c1-13(16-7-6-14-4-2-3-5-17(14)12-16)24-19(25)15-8-10-18(11-9-15)20(21,22)23/h2-13H,1H3,(H,24,25)/t13-/m0/s1. The molecule has 3 rings (SSSR count). The summed E-state index contributed by atoms with van der Waals surface area (Å²) in [6.07, 6.45) is -4.41. The van der Waals surface area contributed by atoms with Gasteiger partial charge in [-0.3, -0.25) is 4.79 Å². The number of rotatable bonds is 3. The Hall–Kier alpha value is -2.82. The molecule has 1 amide bonds. The van der Waals surface area contributed by atoms with Gasteiger partial charge in [-0.05, 0) is 53.6 Å². The van der Waals surface area contributed by atoms with E-state index in [1.54, 1.807) is 0 Å². The monoisotopic (exact) mass is 343 g/mol. The molecule has 0 heterocycles. The summed E-state index contributed by atoms with van der Waals surface area (Å²) in [6.45, 7) is 1.84. The van der Waals surface area contributed by atoms with Crippen LogP contribution in [0.25, 0.3) is 10.8 Å². The zero-order valence-electron chi connectivity index (χ0n) is 13.5. The van der Waals surface area contributed by atoms with Crippen LogP contribution < -0.4 is 5.32 Å². The van der Waals surface area contributed by atoms with Gasteiger partial charge in [0.15, 0.2) is 0 Å². The summed E-state index contributed by atoms with van der Waals surface area (Å²) >= 11 is 0. The largest absolute Gasteiger partial charge is 0.416 e. The van der Waals surface area contributed by atoms with E-state index in [0.717, 1.165) is 28.5 Å². The SMILES string of the molecule is C[C@H](NC(=O)c1ccc(C(F)(F)F)cc1)c1ccc2ccccc2c1. The Bertz CT molecular complexity index is 901. The van der Waals surface area contributed by atoms with Crippen molar-refractivity contribution < 1.29 is 18.0 Å². The molecule has 0 saturated carbocycles. The van der Waals surface area contributed by atoms with Crippen LogP contribution in [0.2, 0.25) is 0 Å². The lowest BCUT2D eigenvalue weighted by Gasteiger charge is -2.15. The van der Waals surface area contributed by atoms with Crippen LogP contribution in [0, 0.1) is 0 Å². The number of halogens is 3. The number of amides is 1. The van der Waals surface area contributed by atoms with E-state index >= 15 is 0 Å². The lowest BCUT2D eigenvalue weighted by Crippen LogP contribution is -2.26. The number of hydrogen-bond donors (Lipinski definition) is 1. The summed E-state index contributed by atoms with van der Waals surface area (Å²) in [7, 11) is 0. The normalized spacial score (nSPS) is 12.8. The summed E-state index contributed by atoms with van der Waals surface area (Å²) in [5, 5.41) is 4.98. The maximum absolute atomic E-state index is 12.6. The molecular formula is C20H16F3NO. The Morgan fingerprint density at radius 3 is 2.20 bits per heavy atom. The molecule has 0 aliphatic rings. The topological polar surface area (TPSA) is 29.1 Å². The van der Waals surface area contributed by atoms with Crippen LogP contribution in [0.1, 0.15) is 34.5 Å². The predicted molar refractivity (Wildman–Crippen MR) is 91.3 cm³/mol. The minimum atomic E-state index is -4.41. The molecule has 0 radical (unpaired) electrons. The van der Waals surface area contributed by atoms with Gasteiger partial charge in [-0.2, -0.15) is 13.2 Å². The second-order valence-corrected chi connectivity index (χ2v) is 5.88. The molecule has 0 bridgehead atoms. The number of carbonyl (C=O) groups is 1. The first-order chi connectivity index (χ1) is 11.8. The highest BCUT2D eigenvalue weighted by Gasteiger charge is 2.30. The maximum atomic E-state index is 12.6.